The van der Waals surface area contributed by atoms with Gasteiger partial charge in [-0.2, -0.15) is 0 Å². The van der Waals surface area contributed by atoms with Crippen LogP contribution in [0.5, 0.6) is 5.75 Å². The van der Waals surface area contributed by atoms with Crippen LogP contribution < -0.4 is 4.74 Å². The molecule has 1 aromatic rings. The average Bonchev–Trinajstić information content (AvgIpc) is 2.61. The molecule has 0 saturated heterocycles. The Kier molecular flexibility index (Phi) is 7.00. The lowest BCUT2D eigenvalue weighted by atomic mass is 9.80. The zero-order valence-electron chi connectivity index (χ0n) is 16.1. The van der Waals surface area contributed by atoms with Crippen LogP contribution in [0.4, 0.5) is 4.79 Å². The highest BCUT2D eigenvalue weighted by atomic mass is 35.5. The zero-order valence-corrected chi connectivity index (χ0v) is 16.9. The van der Waals surface area contributed by atoms with Crippen molar-refractivity contribution in [3.63, 3.8) is 0 Å². The number of fused-ring (bicyclic) bond motifs is 1. The highest BCUT2D eigenvalue weighted by Crippen LogP contribution is 2.38. The van der Waals surface area contributed by atoms with E-state index in [1.165, 1.54) is 12.7 Å². The van der Waals surface area contributed by atoms with E-state index in [4.69, 9.17) is 9.47 Å². The summed E-state index contributed by atoms with van der Waals surface area (Å²) in [5.74, 6) is 1.78. The molecular formula is C20H28ClNO5. The number of methoxy groups -OCH3 is 1. The summed E-state index contributed by atoms with van der Waals surface area (Å²) in [5, 5.41) is 9.94. The normalized spacial score (nSPS) is 21.5. The Morgan fingerprint density at radius 2 is 2.11 bits per heavy atom. The molecule has 0 saturated carbocycles. The molecule has 0 spiro atoms. The molecule has 0 fully saturated rings. The summed E-state index contributed by atoms with van der Waals surface area (Å²) in [4.78, 5) is 13.5. The molecular weight excluding hydrogens is 370 g/mol. The fourth-order valence-electron chi connectivity index (χ4n) is 3.64. The summed E-state index contributed by atoms with van der Waals surface area (Å²) in [5.41, 5.74) is 1.02. The van der Waals surface area contributed by atoms with Gasteiger partial charge < -0.3 is 19.3 Å². The molecule has 2 heterocycles. The lowest BCUT2D eigenvalue weighted by Gasteiger charge is -2.41. The molecule has 2 aliphatic heterocycles. The summed E-state index contributed by atoms with van der Waals surface area (Å²) in [7, 11) is 1.25. The molecule has 27 heavy (non-hydrogen) atoms. The van der Waals surface area contributed by atoms with Crippen LogP contribution in [0.1, 0.15) is 32.3 Å². The number of hydrogen-bond acceptors (Lipinski definition) is 6. The summed E-state index contributed by atoms with van der Waals surface area (Å²) in [6.45, 7) is 6.28. The van der Waals surface area contributed by atoms with E-state index >= 15 is 0 Å². The summed E-state index contributed by atoms with van der Waals surface area (Å²) in [6, 6.07) is 8.21. The molecule has 1 N–H and O–H groups in total. The number of benzene rings is 1. The maximum absolute atomic E-state index is 11.3. The number of halogens is 1. The smallest absolute Gasteiger partial charge is 0.509 e. The van der Waals surface area contributed by atoms with Crippen molar-refractivity contribution in [1.29, 1.82) is 0 Å². The second-order valence-electron chi connectivity index (χ2n) is 7.46. The molecule has 3 rings (SSSR count). The molecule has 1 unspecified atom stereocenters. The minimum atomic E-state index is -0.799. The fourth-order valence-corrected chi connectivity index (χ4v) is 3.64. The molecule has 0 radical (unpaired) electrons. The molecule has 2 aliphatic rings. The zero-order chi connectivity index (χ0) is 18.7. The summed E-state index contributed by atoms with van der Waals surface area (Å²) in [6.07, 6.45) is 1.63. The topological polar surface area (TPSA) is 68.2 Å². The Morgan fingerprint density at radius 1 is 1.37 bits per heavy atom. The van der Waals surface area contributed by atoms with Crippen LogP contribution >= 0.6 is 12.4 Å². The van der Waals surface area contributed by atoms with Gasteiger partial charge in [-0.1, -0.05) is 18.2 Å². The quantitative estimate of drug-likeness (QED) is 0.772. The Bertz CT molecular complexity index is 703. The van der Waals surface area contributed by atoms with E-state index in [1.54, 1.807) is 0 Å². The Morgan fingerprint density at radius 3 is 2.85 bits per heavy atom. The second kappa shape index (κ2) is 8.85. The van der Waals surface area contributed by atoms with E-state index in [9.17, 15) is 9.90 Å². The van der Waals surface area contributed by atoms with Crippen molar-refractivity contribution >= 4 is 18.6 Å². The van der Waals surface area contributed by atoms with E-state index in [-0.39, 0.29) is 29.5 Å². The minimum absolute atomic E-state index is 0. The first kappa shape index (κ1) is 21.4. The van der Waals surface area contributed by atoms with E-state index in [1.807, 2.05) is 18.2 Å². The van der Waals surface area contributed by atoms with Gasteiger partial charge >= 0.3 is 6.16 Å². The van der Waals surface area contributed by atoms with Crippen molar-refractivity contribution < 1.29 is 24.1 Å². The van der Waals surface area contributed by atoms with Gasteiger partial charge in [-0.05, 0) is 44.9 Å². The molecule has 0 bridgehead atoms. The maximum Gasteiger partial charge on any atom is 0.513 e. The van der Waals surface area contributed by atoms with E-state index in [0.717, 1.165) is 31.7 Å². The standard InChI is InChI=1S/C20H27NO5.ClH/c1-20(2)15(12-14-6-4-5-7-17(14)26-20)8-10-21-11-9-16(22)18(13-21)25-19(23)24-3;/h4-7,15,22H,8-13H2,1-3H3;1H. The fraction of sp³-hybridized carbons (Fsp3) is 0.550. The first-order valence-electron chi connectivity index (χ1n) is 9.05. The molecule has 0 aromatic heterocycles. The van der Waals surface area contributed by atoms with Crippen molar-refractivity contribution in [2.45, 2.75) is 38.7 Å². The molecule has 150 valence electrons. The molecule has 7 heteroatoms. The Hall–Kier alpha value is -1.92. The third-order valence-electron chi connectivity index (χ3n) is 5.32. The average molecular weight is 398 g/mol. The van der Waals surface area contributed by atoms with Gasteiger partial charge in [-0.15, -0.1) is 12.4 Å². The first-order valence-corrected chi connectivity index (χ1v) is 9.05. The van der Waals surface area contributed by atoms with Crippen LogP contribution in [0, 0.1) is 5.92 Å². The van der Waals surface area contributed by atoms with Gasteiger partial charge in [0.1, 0.15) is 17.1 Å². The van der Waals surface area contributed by atoms with Gasteiger partial charge in [0, 0.05) is 18.9 Å². The summed E-state index contributed by atoms with van der Waals surface area (Å²) >= 11 is 0. The number of carbonyl (C=O) groups excluding carboxylic acids is 1. The van der Waals surface area contributed by atoms with Crippen molar-refractivity contribution in [3.05, 3.63) is 41.3 Å². The molecule has 6 nitrogen and oxygen atoms in total. The van der Waals surface area contributed by atoms with Crippen molar-refractivity contribution in [1.82, 2.24) is 4.90 Å². The molecule has 1 atom stereocenters. The third kappa shape index (κ3) is 5.08. The van der Waals surface area contributed by atoms with Gasteiger partial charge in [-0.25, -0.2) is 4.79 Å². The molecule has 0 aliphatic carbocycles. The number of nitrogens with zero attached hydrogens (tertiary/aromatic N) is 1. The highest BCUT2D eigenvalue weighted by molar-refractivity contribution is 5.85. The van der Waals surface area contributed by atoms with Crippen molar-refractivity contribution in [2.75, 3.05) is 26.7 Å². The largest absolute Gasteiger partial charge is 0.513 e. The van der Waals surface area contributed by atoms with E-state index in [0.29, 0.717) is 18.9 Å². The third-order valence-corrected chi connectivity index (χ3v) is 5.32. The molecule has 1 aromatic carbocycles. The molecule has 0 amide bonds. The van der Waals surface area contributed by atoms with Crippen LogP contribution in [0.3, 0.4) is 0 Å². The summed E-state index contributed by atoms with van der Waals surface area (Å²) < 4.78 is 15.8. The van der Waals surface area contributed by atoms with Crippen LogP contribution in [0.15, 0.2) is 35.8 Å². The lowest BCUT2D eigenvalue weighted by Crippen LogP contribution is -2.44. The first-order chi connectivity index (χ1) is 12.4. The lowest BCUT2D eigenvalue weighted by molar-refractivity contribution is 0.0167. The number of aliphatic hydroxyl groups is 1. The van der Waals surface area contributed by atoms with E-state index in [2.05, 4.69) is 29.6 Å². The number of ether oxygens (including phenoxy) is 3. The Balaban J connectivity index is 0.00000261. The van der Waals surface area contributed by atoms with Crippen LogP contribution in [-0.4, -0.2) is 48.5 Å². The van der Waals surface area contributed by atoms with Crippen LogP contribution in [0.2, 0.25) is 0 Å². The monoisotopic (exact) mass is 397 g/mol. The van der Waals surface area contributed by atoms with Gasteiger partial charge in [0.2, 0.25) is 0 Å². The van der Waals surface area contributed by atoms with Crippen molar-refractivity contribution in [2.24, 2.45) is 5.92 Å². The highest BCUT2D eigenvalue weighted by Gasteiger charge is 2.37. The second-order valence-corrected chi connectivity index (χ2v) is 7.46. The van der Waals surface area contributed by atoms with Gasteiger partial charge in [-0.3, -0.25) is 4.90 Å². The van der Waals surface area contributed by atoms with Crippen LogP contribution in [0.25, 0.3) is 0 Å². The SMILES string of the molecule is COC(=O)OC1=C(O)CCN(CCC2Cc3ccccc3OC2(C)C)C1.Cl. The van der Waals surface area contributed by atoms with Crippen LogP contribution in [-0.2, 0) is 15.9 Å². The predicted octanol–water partition coefficient (Wildman–Crippen LogP) is 4.09. The van der Waals surface area contributed by atoms with E-state index < -0.39 is 6.16 Å². The number of para-hydroxylation sites is 1. The van der Waals surface area contributed by atoms with Gasteiger partial charge in [0.15, 0.2) is 5.76 Å². The van der Waals surface area contributed by atoms with Crippen molar-refractivity contribution in [3.8, 4) is 5.75 Å². The number of aliphatic hydroxyl groups excluding tert-OH is 1. The Labute approximate surface area is 166 Å². The number of carbonyl (C=O) groups is 1. The number of rotatable bonds is 4. The predicted molar refractivity (Wildman–Crippen MR) is 104 cm³/mol. The maximum atomic E-state index is 11.3. The minimum Gasteiger partial charge on any atom is -0.509 e. The van der Waals surface area contributed by atoms with Gasteiger partial charge in [0.25, 0.3) is 0 Å². The number of hydrogen-bond donors (Lipinski definition) is 1. The van der Waals surface area contributed by atoms with Gasteiger partial charge in [0.05, 0.1) is 13.7 Å².